The summed E-state index contributed by atoms with van der Waals surface area (Å²) in [6.45, 7) is 6.71. The van der Waals surface area contributed by atoms with Crippen molar-refractivity contribution in [2.24, 2.45) is 5.73 Å². The summed E-state index contributed by atoms with van der Waals surface area (Å²) in [5.41, 5.74) is 6.44. The average Bonchev–Trinajstić information content (AvgIpc) is 2.59. The van der Waals surface area contributed by atoms with Crippen LogP contribution >= 0.6 is 0 Å². The van der Waals surface area contributed by atoms with Gasteiger partial charge < -0.3 is 5.73 Å². The molecule has 3 N–H and O–H groups in total. The molecule has 0 atom stereocenters. The predicted molar refractivity (Wildman–Crippen MR) is 77.9 cm³/mol. The Balaban J connectivity index is 2.29. The van der Waals surface area contributed by atoms with Crippen LogP contribution in [-0.2, 0) is 16.6 Å². The van der Waals surface area contributed by atoms with Gasteiger partial charge in [-0.15, -0.1) is 0 Å². The molecule has 7 heteroatoms. The van der Waals surface area contributed by atoms with E-state index in [1.165, 1.54) is 0 Å². The van der Waals surface area contributed by atoms with E-state index < -0.39 is 10.0 Å². The molecule has 0 radical (unpaired) electrons. The quantitative estimate of drug-likeness (QED) is 0.822. The van der Waals surface area contributed by atoms with Gasteiger partial charge in [-0.3, -0.25) is 4.68 Å². The number of aromatic nitrogens is 2. The fourth-order valence-corrected chi connectivity index (χ4v) is 4.59. The van der Waals surface area contributed by atoms with Crippen LogP contribution < -0.4 is 10.5 Å². The maximum absolute atomic E-state index is 12.6. The number of hydrogen-bond acceptors (Lipinski definition) is 4. The Hall–Kier alpha value is -0.920. The minimum absolute atomic E-state index is 0.295. The summed E-state index contributed by atoms with van der Waals surface area (Å²) < 4.78 is 29.7. The minimum Gasteiger partial charge on any atom is -0.330 e. The van der Waals surface area contributed by atoms with Crippen molar-refractivity contribution < 1.29 is 8.42 Å². The molecular weight excluding hydrogens is 276 g/mol. The Kier molecular flexibility index (Phi) is 4.22. The summed E-state index contributed by atoms with van der Waals surface area (Å²) in [5, 5.41) is 4.33. The molecule has 2 rings (SSSR count). The molecule has 0 bridgehead atoms. The number of nitrogens with two attached hydrogens (primary N) is 1. The fraction of sp³-hybridized carbons (Fsp3) is 0.769. The third-order valence-electron chi connectivity index (χ3n) is 4.00. The molecule has 0 saturated heterocycles. The van der Waals surface area contributed by atoms with Gasteiger partial charge in [-0.25, -0.2) is 13.1 Å². The molecule has 1 aromatic rings. The van der Waals surface area contributed by atoms with Crippen molar-refractivity contribution in [2.45, 2.75) is 63.4 Å². The van der Waals surface area contributed by atoms with E-state index in [0.717, 1.165) is 25.7 Å². The van der Waals surface area contributed by atoms with Crippen molar-refractivity contribution in [3.8, 4) is 0 Å². The highest BCUT2D eigenvalue weighted by Crippen LogP contribution is 2.33. The van der Waals surface area contributed by atoms with Gasteiger partial charge in [0, 0.05) is 12.1 Å². The first kappa shape index (κ1) is 15.5. The number of hydrogen-bond donors (Lipinski definition) is 2. The molecule has 0 aromatic carbocycles. The first-order chi connectivity index (χ1) is 9.29. The molecule has 0 spiro atoms. The minimum atomic E-state index is -3.51. The summed E-state index contributed by atoms with van der Waals surface area (Å²) in [5.74, 6) is 0. The zero-order valence-electron chi connectivity index (χ0n) is 12.4. The van der Waals surface area contributed by atoms with Crippen molar-refractivity contribution in [2.75, 3.05) is 6.54 Å². The van der Waals surface area contributed by atoms with Crippen molar-refractivity contribution in [1.82, 2.24) is 14.5 Å². The van der Waals surface area contributed by atoms with Crippen LogP contribution in [-0.4, -0.2) is 30.3 Å². The Morgan fingerprint density at radius 1 is 1.40 bits per heavy atom. The van der Waals surface area contributed by atoms with Crippen LogP contribution in [0.3, 0.4) is 0 Å². The number of rotatable bonds is 6. The molecule has 1 heterocycles. The van der Waals surface area contributed by atoms with E-state index >= 15 is 0 Å². The van der Waals surface area contributed by atoms with E-state index in [9.17, 15) is 8.42 Å². The van der Waals surface area contributed by atoms with Gasteiger partial charge in [0.1, 0.15) is 4.90 Å². The normalized spacial score (nSPS) is 18.0. The molecule has 0 amide bonds. The first-order valence-electron chi connectivity index (χ1n) is 7.07. The van der Waals surface area contributed by atoms with E-state index in [2.05, 4.69) is 9.82 Å². The molecule has 1 aliphatic rings. The van der Waals surface area contributed by atoms with E-state index in [-0.39, 0.29) is 5.54 Å². The maximum Gasteiger partial charge on any atom is 0.244 e. The zero-order valence-corrected chi connectivity index (χ0v) is 13.3. The molecule has 1 aliphatic carbocycles. The lowest BCUT2D eigenvalue weighted by Crippen LogP contribution is -2.50. The molecule has 1 fully saturated rings. The van der Waals surface area contributed by atoms with Gasteiger partial charge in [-0.2, -0.15) is 5.10 Å². The van der Waals surface area contributed by atoms with Gasteiger partial charge in [0.05, 0.1) is 11.4 Å². The lowest BCUT2D eigenvalue weighted by Gasteiger charge is -2.38. The van der Waals surface area contributed by atoms with Gasteiger partial charge in [-0.05, 0) is 53.0 Å². The SMILES string of the molecule is Cc1nn(CCCN)c(C)c1S(=O)(=O)NC1(C)CCC1. The molecule has 1 saturated carbocycles. The lowest BCUT2D eigenvalue weighted by atomic mass is 9.80. The summed E-state index contributed by atoms with van der Waals surface area (Å²) in [6.07, 6.45) is 3.65. The molecule has 0 aliphatic heterocycles. The van der Waals surface area contributed by atoms with E-state index in [4.69, 9.17) is 5.73 Å². The van der Waals surface area contributed by atoms with Crippen LogP contribution in [0, 0.1) is 13.8 Å². The van der Waals surface area contributed by atoms with Gasteiger partial charge in [0.25, 0.3) is 0 Å². The lowest BCUT2D eigenvalue weighted by molar-refractivity contribution is 0.248. The Labute approximate surface area is 120 Å². The van der Waals surface area contributed by atoms with Crippen molar-refractivity contribution in [1.29, 1.82) is 0 Å². The third kappa shape index (κ3) is 2.89. The second-order valence-corrected chi connectivity index (χ2v) is 7.50. The number of nitrogens with zero attached hydrogens (tertiary/aromatic N) is 2. The maximum atomic E-state index is 12.6. The third-order valence-corrected chi connectivity index (χ3v) is 5.89. The molecule has 0 unspecified atom stereocenters. The summed E-state index contributed by atoms with van der Waals surface area (Å²) in [7, 11) is -3.51. The second-order valence-electron chi connectivity index (χ2n) is 5.89. The Morgan fingerprint density at radius 2 is 2.05 bits per heavy atom. The van der Waals surface area contributed by atoms with Gasteiger partial charge in [0.2, 0.25) is 10.0 Å². The Morgan fingerprint density at radius 3 is 2.55 bits per heavy atom. The zero-order chi connectivity index (χ0) is 15.0. The van der Waals surface area contributed by atoms with Crippen molar-refractivity contribution in [3.63, 3.8) is 0 Å². The van der Waals surface area contributed by atoms with Crippen LogP contribution in [0.25, 0.3) is 0 Å². The van der Waals surface area contributed by atoms with Crippen LogP contribution in [0.4, 0.5) is 0 Å². The number of sulfonamides is 1. The standard InChI is InChI=1S/C13H24N4O2S/c1-10-12(11(2)17(15-10)9-5-8-14)20(18,19)16-13(3)6-4-7-13/h16H,4-9,14H2,1-3H3. The van der Waals surface area contributed by atoms with Crippen LogP contribution in [0.1, 0.15) is 44.0 Å². The second kappa shape index (κ2) is 5.46. The van der Waals surface area contributed by atoms with Crippen molar-refractivity contribution >= 4 is 10.0 Å². The molecule has 114 valence electrons. The summed E-state index contributed by atoms with van der Waals surface area (Å²) in [4.78, 5) is 0.322. The van der Waals surface area contributed by atoms with Gasteiger partial charge in [-0.1, -0.05) is 0 Å². The Bertz CT molecular complexity index is 588. The number of aryl methyl sites for hydroxylation is 2. The predicted octanol–water partition coefficient (Wildman–Crippen LogP) is 1.07. The molecule has 20 heavy (non-hydrogen) atoms. The number of nitrogens with one attached hydrogen (secondary N) is 1. The van der Waals surface area contributed by atoms with Crippen molar-refractivity contribution in [3.05, 3.63) is 11.4 Å². The van der Waals surface area contributed by atoms with Gasteiger partial charge in [0.15, 0.2) is 0 Å². The summed E-state index contributed by atoms with van der Waals surface area (Å²) >= 11 is 0. The molecular formula is C13H24N4O2S. The molecule has 6 nitrogen and oxygen atoms in total. The van der Waals surface area contributed by atoms with E-state index in [1.807, 2.05) is 6.92 Å². The van der Waals surface area contributed by atoms with E-state index in [1.54, 1.807) is 18.5 Å². The van der Waals surface area contributed by atoms with Crippen LogP contribution in [0.15, 0.2) is 4.90 Å². The largest absolute Gasteiger partial charge is 0.330 e. The average molecular weight is 300 g/mol. The molecule has 1 aromatic heterocycles. The van der Waals surface area contributed by atoms with Crippen LogP contribution in [0.5, 0.6) is 0 Å². The highest BCUT2D eigenvalue weighted by molar-refractivity contribution is 7.89. The van der Waals surface area contributed by atoms with E-state index in [0.29, 0.717) is 29.4 Å². The van der Waals surface area contributed by atoms with Gasteiger partial charge >= 0.3 is 0 Å². The van der Waals surface area contributed by atoms with Crippen LogP contribution in [0.2, 0.25) is 0 Å². The summed E-state index contributed by atoms with van der Waals surface area (Å²) in [6, 6.07) is 0. The smallest absolute Gasteiger partial charge is 0.244 e. The first-order valence-corrected chi connectivity index (χ1v) is 8.55. The monoisotopic (exact) mass is 300 g/mol. The topological polar surface area (TPSA) is 90.0 Å². The highest BCUT2D eigenvalue weighted by Gasteiger charge is 2.38. The fourth-order valence-electron chi connectivity index (χ4n) is 2.71. The highest BCUT2D eigenvalue weighted by atomic mass is 32.2.